The molecule has 1 aromatic heterocycles. The second-order valence-electron chi connectivity index (χ2n) is 5.56. The van der Waals surface area contributed by atoms with Gasteiger partial charge in [0.25, 0.3) is 0 Å². The highest BCUT2D eigenvalue weighted by Gasteiger charge is 2.32. The number of likely N-dealkylation sites (N-methyl/N-ethyl adjacent to an activating group) is 1. The zero-order valence-corrected chi connectivity index (χ0v) is 12.7. The van der Waals surface area contributed by atoms with Gasteiger partial charge in [0.1, 0.15) is 0 Å². The molecule has 1 fully saturated rings. The predicted molar refractivity (Wildman–Crippen MR) is 78.4 cm³/mol. The van der Waals surface area contributed by atoms with Crippen molar-refractivity contribution >= 4 is 16.5 Å². The van der Waals surface area contributed by atoms with Gasteiger partial charge in [-0.05, 0) is 27.4 Å². The van der Waals surface area contributed by atoms with E-state index in [1.807, 2.05) is 0 Å². The molecule has 0 amide bonds. The zero-order valence-electron chi connectivity index (χ0n) is 11.9. The third kappa shape index (κ3) is 3.02. The van der Waals surface area contributed by atoms with Gasteiger partial charge in [-0.3, -0.25) is 4.90 Å². The van der Waals surface area contributed by atoms with Crippen molar-refractivity contribution in [2.24, 2.45) is 0 Å². The molecule has 1 aliphatic heterocycles. The Morgan fingerprint density at radius 1 is 1.44 bits per heavy atom. The summed E-state index contributed by atoms with van der Waals surface area (Å²) in [5.74, 6) is 0. The van der Waals surface area contributed by atoms with E-state index in [0.717, 1.165) is 38.4 Å². The molecule has 0 radical (unpaired) electrons. The molecule has 102 valence electrons. The fourth-order valence-electron chi connectivity index (χ4n) is 2.18. The number of anilines is 1. The molecule has 0 aromatic carbocycles. The molecule has 18 heavy (non-hydrogen) atoms. The lowest BCUT2D eigenvalue weighted by molar-refractivity contribution is 0.139. The van der Waals surface area contributed by atoms with Gasteiger partial charge < -0.3 is 10.2 Å². The predicted octanol–water partition coefficient (Wildman–Crippen LogP) is 1.78. The fraction of sp³-hybridized carbons (Fsp3) is 0.769. The van der Waals surface area contributed by atoms with E-state index in [2.05, 4.69) is 48.3 Å². The lowest BCUT2D eigenvalue weighted by Gasteiger charge is -2.45. The summed E-state index contributed by atoms with van der Waals surface area (Å²) in [6.07, 6.45) is 0. The van der Waals surface area contributed by atoms with Crippen molar-refractivity contribution in [1.82, 2.24) is 15.2 Å². The van der Waals surface area contributed by atoms with Gasteiger partial charge in [-0.2, -0.15) is 0 Å². The Kier molecular flexibility index (Phi) is 4.25. The summed E-state index contributed by atoms with van der Waals surface area (Å²) >= 11 is 1.76. The van der Waals surface area contributed by atoms with Crippen LogP contribution in [0.2, 0.25) is 0 Å². The van der Waals surface area contributed by atoms with Crippen molar-refractivity contribution < 1.29 is 0 Å². The third-order valence-electron chi connectivity index (χ3n) is 3.68. The molecule has 5 heteroatoms. The number of hydrogen-bond acceptors (Lipinski definition) is 5. The number of rotatable bonds is 4. The molecule has 0 unspecified atom stereocenters. The van der Waals surface area contributed by atoms with Crippen LogP contribution in [-0.4, -0.2) is 48.6 Å². The van der Waals surface area contributed by atoms with Gasteiger partial charge >= 0.3 is 0 Å². The number of hydrogen-bond donors (Lipinski definition) is 1. The maximum atomic E-state index is 4.73. The van der Waals surface area contributed by atoms with Crippen LogP contribution in [-0.2, 0) is 6.54 Å². The molecule has 1 N–H and O–H groups in total. The largest absolute Gasteiger partial charge is 0.345 e. The molecule has 0 bridgehead atoms. The maximum Gasteiger partial charge on any atom is 0.185 e. The first-order valence-electron chi connectivity index (χ1n) is 6.64. The first-order chi connectivity index (χ1) is 8.53. The number of nitrogens with zero attached hydrogens (tertiary/aromatic N) is 3. The Morgan fingerprint density at radius 3 is 2.89 bits per heavy atom. The van der Waals surface area contributed by atoms with Crippen LogP contribution >= 0.6 is 11.3 Å². The molecule has 4 nitrogen and oxygen atoms in total. The van der Waals surface area contributed by atoms with Gasteiger partial charge in [-0.15, -0.1) is 11.3 Å². The summed E-state index contributed by atoms with van der Waals surface area (Å²) in [7, 11) is 2.20. The highest BCUT2D eigenvalue weighted by Crippen LogP contribution is 2.27. The second-order valence-corrected chi connectivity index (χ2v) is 6.39. The van der Waals surface area contributed by atoms with Crippen LogP contribution < -0.4 is 10.2 Å². The number of aromatic nitrogens is 1. The molecule has 1 aromatic rings. The van der Waals surface area contributed by atoms with E-state index < -0.39 is 0 Å². The smallest absolute Gasteiger partial charge is 0.185 e. The summed E-state index contributed by atoms with van der Waals surface area (Å²) in [6, 6.07) is 0. The standard InChI is InChI=1S/C13H24N4S/c1-5-14-8-11-9-18-12(15-11)17-7-6-16(4)13(2,3)10-17/h9,14H,5-8,10H2,1-4H3. The molecular weight excluding hydrogens is 244 g/mol. The summed E-state index contributed by atoms with van der Waals surface area (Å²) in [4.78, 5) is 9.57. The average Bonchev–Trinajstić information content (AvgIpc) is 2.78. The van der Waals surface area contributed by atoms with Crippen LogP contribution in [0, 0.1) is 0 Å². The Labute approximate surface area is 114 Å². The van der Waals surface area contributed by atoms with Gasteiger partial charge in [0.15, 0.2) is 5.13 Å². The first-order valence-corrected chi connectivity index (χ1v) is 7.52. The normalized spacial score (nSPS) is 20.3. The lowest BCUT2D eigenvalue weighted by Crippen LogP contribution is -2.57. The topological polar surface area (TPSA) is 31.4 Å². The van der Waals surface area contributed by atoms with Crippen molar-refractivity contribution in [3.05, 3.63) is 11.1 Å². The average molecular weight is 268 g/mol. The molecule has 1 saturated heterocycles. The van der Waals surface area contributed by atoms with Gasteiger partial charge in [-0.25, -0.2) is 4.98 Å². The van der Waals surface area contributed by atoms with Crippen molar-refractivity contribution in [1.29, 1.82) is 0 Å². The van der Waals surface area contributed by atoms with E-state index in [0.29, 0.717) is 0 Å². The third-order valence-corrected chi connectivity index (χ3v) is 4.63. The first kappa shape index (κ1) is 13.8. The van der Waals surface area contributed by atoms with Gasteiger partial charge in [-0.1, -0.05) is 6.92 Å². The van der Waals surface area contributed by atoms with E-state index in [-0.39, 0.29) is 5.54 Å². The molecule has 0 saturated carbocycles. The van der Waals surface area contributed by atoms with Crippen molar-refractivity contribution in [3.8, 4) is 0 Å². The van der Waals surface area contributed by atoms with Gasteiger partial charge in [0.05, 0.1) is 5.69 Å². The van der Waals surface area contributed by atoms with Gasteiger partial charge in [0.2, 0.25) is 0 Å². The Balaban J connectivity index is 2.01. The minimum Gasteiger partial charge on any atom is -0.345 e. The van der Waals surface area contributed by atoms with E-state index in [1.54, 1.807) is 11.3 Å². The minimum absolute atomic E-state index is 0.228. The van der Waals surface area contributed by atoms with Crippen LogP contribution in [0.1, 0.15) is 26.5 Å². The highest BCUT2D eigenvalue weighted by molar-refractivity contribution is 7.13. The summed E-state index contributed by atoms with van der Waals surface area (Å²) in [5.41, 5.74) is 1.39. The maximum absolute atomic E-state index is 4.73. The van der Waals surface area contributed by atoms with Crippen LogP contribution in [0.25, 0.3) is 0 Å². The van der Waals surface area contributed by atoms with Crippen LogP contribution in [0.4, 0.5) is 5.13 Å². The van der Waals surface area contributed by atoms with Crippen molar-refractivity contribution in [2.75, 3.05) is 38.1 Å². The molecule has 1 aliphatic rings. The van der Waals surface area contributed by atoms with E-state index in [1.165, 1.54) is 5.13 Å². The zero-order chi connectivity index (χ0) is 13.2. The summed E-state index contributed by atoms with van der Waals surface area (Å²) in [5, 5.41) is 6.66. The van der Waals surface area contributed by atoms with Crippen LogP contribution in [0.15, 0.2) is 5.38 Å². The summed E-state index contributed by atoms with van der Waals surface area (Å²) < 4.78 is 0. The van der Waals surface area contributed by atoms with Crippen LogP contribution in [0.5, 0.6) is 0 Å². The van der Waals surface area contributed by atoms with Gasteiger partial charge in [0, 0.05) is 37.1 Å². The number of piperazine rings is 1. The Morgan fingerprint density at radius 2 is 2.22 bits per heavy atom. The molecule has 2 rings (SSSR count). The van der Waals surface area contributed by atoms with Crippen LogP contribution in [0.3, 0.4) is 0 Å². The molecule has 0 atom stereocenters. The molecule has 0 aliphatic carbocycles. The summed E-state index contributed by atoms with van der Waals surface area (Å²) in [6.45, 7) is 11.8. The monoisotopic (exact) mass is 268 g/mol. The van der Waals surface area contributed by atoms with Crippen molar-refractivity contribution in [2.45, 2.75) is 32.9 Å². The lowest BCUT2D eigenvalue weighted by atomic mass is 10.0. The number of nitrogens with one attached hydrogen (secondary N) is 1. The quantitative estimate of drug-likeness (QED) is 0.902. The fourth-order valence-corrected chi connectivity index (χ4v) is 3.03. The Hall–Kier alpha value is -0.650. The van der Waals surface area contributed by atoms with E-state index in [4.69, 9.17) is 4.98 Å². The highest BCUT2D eigenvalue weighted by atomic mass is 32.1. The van der Waals surface area contributed by atoms with Crippen molar-refractivity contribution in [3.63, 3.8) is 0 Å². The Bertz CT molecular complexity index is 388. The number of thiazole rings is 1. The second kappa shape index (κ2) is 5.55. The minimum atomic E-state index is 0.228. The molecule has 2 heterocycles. The SMILES string of the molecule is CCNCc1csc(N2CCN(C)C(C)(C)C2)n1. The molecular formula is C13H24N4S. The van der Waals surface area contributed by atoms with E-state index >= 15 is 0 Å². The molecule has 0 spiro atoms. The van der Waals surface area contributed by atoms with E-state index in [9.17, 15) is 0 Å².